The molecule has 1 unspecified atom stereocenters. The lowest BCUT2D eigenvalue weighted by Gasteiger charge is -1.94. The molecule has 0 spiro atoms. The van der Waals surface area contributed by atoms with E-state index in [-0.39, 0.29) is 0 Å². The SMILES string of the molecule is CCC(I)/C=C\C=C(/N)I. The quantitative estimate of drug-likeness (QED) is 0.355. The molecular formula is C7H11I2N. The second kappa shape index (κ2) is 6.45. The highest BCUT2D eigenvalue weighted by Gasteiger charge is 1.89. The molecule has 0 bridgehead atoms. The molecule has 2 N–H and O–H groups in total. The van der Waals surface area contributed by atoms with Gasteiger partial charge in [0.25, 0.3) is 0 Å². The van der Waals surface area contributed by atoms with Gasteiger partial charge in [-0.1, -0.05) is 41.7 Å². The fourth-order valence-corrected chi connectivity index (χ4v) is 0.851. The Bertz CT molecular complexity index is 137. The first-order chi connectivity index (χ1) is 4.66. The first-order valence-electron chi connectivity index (χ1n) is 3.10. The Morgan fingerprint density at radius 3 is 2.70 bits per heavy atom. The van der Waals surface area contributed by atoms with Gasteiger partial charge in [0.1, 0.15) is 0 Å². The molecule has 0 fully saturated rings. The number of allylic oxidation sites excluding steroid dienone is 3. The fourth-order valence-electron chi connectivity index (χ4n) is 0.404. The van der Waals surface area contributed by atoms with Crippen LogP contribution in [0.5, 0.6) is 0 Å². The summed E-state index contributed by atoms with van der Waals surface area (Å²) in [6.07, 6.45) is 7.22. The highest BCUT2D eigenvalue weighted by atomic mass is 127. The van der Waals surface area contributed by atoms with Crippen LogP contribution >= 0.6 is 45.2 Å². The molecule has 0 aliphatic carbocycles. The molecule has 58 valence electrons. The van der Waals surface area contributed by atoms with Crippen LogP contribution in [-0.2, 0) is 0 Å². The van der Waals surface area contributed by atoms with Gasteiger partial charge in [-0.05, 0) is 35.1 Å². The molecule has 1 atom stereocenters. The molecule has 3 heteroatoms. The third-order valence-electron chi connectivity index (χ3n) is 0.965. The van der Waals surface area contributed by atoms with Crippen molar-refractivity contribution < 1.29 is 0 Å². The Morgan fingerprint density at radius 2 is 2.30 bits per heavy atom. The zero-order valence-electron chi connectivity index (χ0n) is 5.85. The van der Waals surface area contributed by atoms with E-state index in [0.717, 1.165) is 3.70 Å². The molecule has 0 rings (SSSR count). The molecule has 0 aromatic carbocycles. The standard InChI is InChI=1S/C7H11I2N/c1-2-6(8)4-3-5-7(9)10/h3-6H,2,10H2,1H3/b4-3-,7-5-. The van der Waals surface area contributed by atoms with E-state index in [1.807, 2.05) is 12.2 Å². The molecule has 1 nitrogen and oxygen atoms in total. The van der Waals surface area contributed by atoms with E-state index in [4.69, 9.17) is 5.73 Å². The molecule has 0 saturated heterocycles. The van der Waals surface area contributed by atoms with Crippen molar-refractivity contribution >= 4 is 45.2 Å². The normalized spacial score (nSPS) is 16.1. The average Bonchev–Trinajstić information content (AvgIpc) is 1.87. The Balaban J connectivity index is 3.66. The molecular weight excluding hydrogens is 352 g/mol. The topological polar surface area (TPSA) is 26.0 Å². The molecule has 0 amide bonds. The van der Waals surface area contributed by atoms with Gasteiger partial charge in [-0.2, -0.15) is 0 Å². The Labute approximate surface area is 89.4 Å². The van der Waals surface area contributed by atoms with Gasteiger partial charge < -0.3 is 5.73 Å². The van der Waals surface area contributed by atoms with Crippen molar-refractivity contribution in [2.24, 2.45) is 5.73 Å². The minimum atomic E-state index is 0.629. The molecule has 0 aliphatic heterocycles. The number of rotatable bonds is 3. The molecule has 0 saturated carbocycles. The maximum atomic E-state index is 5.41. The second-order valence-corrected chi connectivity index (χ2v) is 4.71. The summed E-state index contributed by atoms with van der Waals surface area (Å²) in [6, 6.07) is 0. The van der Waals surface area contributed by atoms with E-state index in [0.29, 0.717) is 3.92 Å². The van der Waals surface area contributed by atoms with E-state index in [2.05, 4.69) is 58.2 Å². The van der Waals surface area contributed by atoms with Crippen molar-refractivity contribution in [2.75, 3.05) is 0 Å². The lowest BCUT2D eigenvalue weighted by Crippen LogP contribution is -1.87. The van der Waals surface area contributed by atoms with Crippen molar-refractivity contribution in [3.63, 3.8) is 0 Å². The third-order valence-corrected chi connectivity index (χ3v) is 2.62. The van der Waals surface area contributed by atoms with Crippen molar-refractivity contribution in [1.82, 2.24) is 0 Å². The van der Waals surface area contributed by atoms with E-state index in [1.54, 1.807) is 0 Å². The predicted octanol–water partition coefficient (Wildman–Crippen LogP) is 2.99. The molecule has 0 heterocycles. The van der Waals surface area contributed by atoms with Crippen molar-refractivity contribution in [2.45, 2.75) is 17.3 Å². The van der Waals surface area contributed by atoms with E-state index >= 15 is 0 Å². The lowest BCUT2D eigenvalue weighted by molar-refractivity contribution is 1.01. The maximum absolute atomic E-state index is 5.41. The predicted molar refractivity (Wildman–Crippen MR) is 63.5 cm³/mol. The van der Waals surface area contributed by atoms with Crippen molar-refractivity contribution in [3.8, 4) is 0 Å². The number of hydrogen-bond acceptors (Lipinski definition) is 1. The highest BCUT2D eigenvalue weighted by Crippen LogP contribution is 2.06. The van der Waals surface area contributed by atoms with Crippen molar-refractivity contribution in [3.05, 3.63) is 21.9 Å². The van der Waals surface area contributed by atoms with Gasteiger partial charge in [0, 0.05) is 3.92 Å². The highest BCUT2D eigenvalue weighted by molar-refractivity contribution is 14.1. The van der Waals surface area contributed by atoms with Gasteiger partial charge in [0.05, 0.1) is 3.70 Å². The maximum Gasteiger partial charge on any atom is 0.0705 e. The second-order valence-electron chi connectivity index (χ2n) is 1.86. The van der Waals surface area contributed by atoms with E-state index in [1.165, 1.54) is 6.42 Å². The largest absolute Gasteiger partial charge is 0.394 e. The Hall–Kier alpha value is 0.740. The monoisotopic (exact) mass is 363 g/mol. The van der Waals surface area contributed by atoms with Crippen LogP contribution in [0.25, 0.3) is 0 Å². The van der Waals surface area contributed by atoms with E-state index < -0.39 is 0 Å². The summed E-state index contributed by atoms with van der Waals surface area (Å²) in [5.41, 5.74) is 5.41. The van der Waals surface area contributed by atoms with Crippen LogP contribution in [0.3, 0.4) is 0 Å². The first-order valence-corrected chi connectivity index (χ1v) is 5.42. The zero-order valence-corrected chi connectivity index (χ0v) is 10.2. The van der Waals surface area contributed by atoms with Crippen LogP contribution < -0.4 is 5.73 Å². The summed E-state index contributed by atoms with van der Waals surface area (Å²) < 4.78 is 1.46. The van der Waals surface area contributed by atoms with Gasteiger partial charge in [-0.3, -0.25) is 0 Å². The molecule has 0 radical (unpaired) electrons. The van der Waals surface area contributed by atoms with Crippen LogP contribution in [0.1, 0.15) is 13.3 Å². The Kier molecular flexibility index (Phi) is 6.93. The average molecular weight is 363 g/mol. The number of nitrogens with two attached hydrogens (primary N) is 1. The third kappa shape index (κ3) is 6.85. The van der Waals surface area contributed by atoms with Crippen LogP contribution in [0, 0.1) is 0 Å². The van der Waals surface area contributed by atoms with Crippen LogP contribution in [0.15, 0.2) is 21.9 Å². The number of alkyl halides is 1. The molecule has 0 aliphatic rings. The van der Waals surface area contributed by atoms with Gasteiger partial charge >= 0.3 is 0 Å². The molecule has 10 heavy (non-hydrogen) atoms. The summed E-state index contributed by atoms with van der Waals surface area (Å²) in [5.74, 6) is 0. The first kappa shape index (κ1) is 10.7. The van der Waals surface area contributed by atoms with Crippen LogP contribution in [0.2, 0.25) is 0 Å². The molecule has 0 aromatic heterocycles. The number of halogens is 2. The summed E-state index contributed by atoms with van der Waals surface area (Å²) in [4.78, 5) is 0. The lowest BCUT2D eigenvalue weighted by atomic mass is 10.3. The minimum Gasteiger partial charge on any atom is -0.394 e. The van der Waals surface area contributed by atoms with Crippen LogP contribution in [-0.4, -0.2) is 3.92 Å². The van der Waals surface area contributed by atoms with Gasteiger partial charge in [-0.15, -0.1) is 0 Å². The van der Waals surface area contributed by atoms with E-state index in [9.17, 15) is 0 Å². The molecule has 0 aromatic rings. The fraction of sp³-hybridized carbons (Fsp3) is 0.429. The smallest absolute Gasteiger partial charge is 0.0705 e. The Morgan fingerprint density at radius 1 is 1.70 bits per heavy atom. The minimum absolute atomic E-state index is 0.629. The summed E-state index contributed by atoms with van der Waals surface area (Å²) in [5, 5.41) is 0. The van der Waals surface area contributed by atoms with Crippen molar-refractivity contribution in [1.29, 1.82) is 0 Å². The summed E-state index contributed by atoms with van der Waals surface area (Å²) in [6.45, 7) is 2.17. The van der Waals surface area contributed by atoms with Gasteiger partial charge in [0.2, 0.25) is 0 Å². The van der Waals surface area contributed by atoms with Gasteiger partial charge in [-0.25, -0.2) is 0 Å². The zero-order chi connectivity index (χ0) is 7.98. The van der Waals surface area contributed by atoms with Crippen LogP contribution in [0.4, 0.5) is 0 Å². The number of hydrogen-bond donors (Lipinski definition) is 1. The van der Waals surface area contributed by atoms with Gasteiger partial charge in [0.15, 0.2) is 0 Å². The summed E-state index contributed by atoms with van der Waals surface area (Å²) >= 11 is 4.48. The summed E-state index contributed by atoms with van der Waals surface area (Å²) in [7, 11) is 0.